The van der Waals surface area contributed by atoms with Gasteiger partial charge in [0.05, 0.1) is 0 Å². The fourth-order valence-corrected chi connectivity index (χ4v) is 0.500. The van der Waals surface area contributed by atoms with Gasteiger partial charge in [-0.15, -0.1) is 0 Å². The minimum atomic E-state index is -1.65. The molecule has 0 fully saturated rings. The Hall–Kier alpha value is 1.91. The third kappa shape index (κ3) is 33.5. The Morgan fingerprint density at radius 2 is 0.591 bits per heavy atom. The van der Waals surface area contributed by atoms with E-state index in [2.05, 4.69) is 56.9 Å². The van der Waals surface area contributed by atoms with Gasteiger partial charge in [0.2, 0.25) is 0 Å². The molecule has 0 N–H and O–H groups in total. The summed E-state index contributed by atoms with van der Waals surface area (Å²) in [5, 5.41) is 0. The zero-order valence-corrected chi connectivity index (χ0v) is 23.6. The van der Waals surface area contributed by atoms with E-state index in [1.54, 1.807) is 35.5 Å². The highest BCUT2D eigenvalue weighted by Gasteiger charge is 2.19. The van der Waals surface area contributed by atoms with Crippen LogP contribution < -0.4 is 0 Å². The fourth-order valence-electron chi connectivity index (χ4n) is 0.167. The first kappa shape index (κ1) is 31.7. The largest absolute Gasteiger partial charge is 0.421 e. The van der Waals surface area contributed by atoms with Gasteiger partial charge in [-0.05, 0) is 45.8 Å². The van der Waals surface area contributed by atoms with Crippen LogP contribution in [0.3, 0.4) is 0 Å². The van der Waals surface area contributed by atoms with Gasteiger partial charge in [-0.2, -0.15) is 0 Å². The van der Waals surface area contributed by atoms with Gasteiger partial charge in [0.1, 0.15) is 0 Å². The van der Waals surface area contributed by atoms with Crippen LogP contribution in [0.2, 0.25) is 45.8 Å². The molecule has 0 aromatic rings. The third-order valence-corrected chi connectivity index (χ3v) is 7.74. The molecular formula is C12H36I2O5Si3. The van der Waals surface area contributed by atoms with Gasteiger partial charge in [-0.3, -0.25) is 0 Å². The van der Waals surface area contributed by atoms with Gasteiger partial charge in [-0.1, -0.05) is 0 Å². The summed E-state index contributed by atoms with van der Waals surface area (Å²) in [7, 11) is 4.04. The summed E-state index contributed by atoms with van der Waals surface area (Å²) in [5.41, 5.74) is 0. The average molecular weight is 598 g/mol. The molecule has 0 saturated carbocycles. The van der Waals surface area contributed by atoms with Gasteiger partial charge >= 0.3 is 17.1 Å². The lowest BCUT2D eigenvalue weighted by molar-refractivity contribution is 0.257. The van der Waals surface area contributed by atoms with E-state index < -0.39 is 25.4 Å². The molecule has 0 spiro atoms. The molecule has 0 aliphatic rings. The maximum atomic E-state index is 5.08. The van der Waals surface area contributed by atoms with Gasteiger partial charge in [0.25, 0.3) is 0 Å². The van der Waals surface area contributed by atoms with Crippen molar-refractivity contribution in [3.05, 3.63) is 0 Å². The molecule has 0 aromatic heterocycles. The van der Waals surface area contributed by atoms with Crippen molar-refractivity contribution in [2.45, 2.75) is 45.8 Å². The molecule has 5 nitrogen and oxygen atoms in total. The summed E-state index contributed by atoms with van der Waals surface area (Å²) in [4.78, 5) is 0. The molecule has 0 unspecified atom stereocenters. The summed E-state index contributed by atoms with van der Waals surface area (Å²) < 4.78 is 25.1. The van der Waals surface area contributed by atoms with E-state index in [0.29, 0.717) is 0 Å². The van der Waals surface area contributed by atoms with Crippen molar-refractivity contribution >= 4 is 62.7 Å². The molecule has 0 amide bonds. The molecule has 0 bridgehead atoms. The number of halogens is 2. The van der Waals surface area contributed by atoms with E-state index in [1.807, 2.05) is 26.2 Å². The van der Waals surface area contributed by atoms with Crippen LogP contribution in [0.25, 0.3) is 0 Å². The van der Waals surface area contributed by atoms with Gasteiger partial charge in [0, 0.05) is 72.8 Å². The zero-order chi connectivity index (χ0) is 19.0. The minimum absolute atomic E-state index is 1.13. The maximum Gasteiger partial charge on any atom is 0.331 e. The van der Waals surface area contributed by atoms with Crippen LogP contribution in [0.15, 0.2) is 0 Å². The average Bonchev–Trinajstić information content (AvgIpc) is 2.50. The normalized spacial score (nSPS) is 11.2. The summed E-state index contributed by atoms with van der Waals surface area (Å²) in [6.07, 6.45) is 0. The van der Waals surface area contributed by atoms with Crippen molar-refractivity contribution in [1.29, 1.82) is 0 Å². The van der Waals surface area contributed by atoms with Gasteiger partial charge < -0.3 is 22.1 Å². The highest BCUT2D eigenvalue weighted by Crippen LogP contribution is 2.00. The Morgan fingerprint density at radius 3 is 0.591 bits per heavy atom. The van der Waals surface area contributed by atoms with Crippen molar-refractivity contribution in [2.24, 2.45) is 0 Å². The van der Waals surface area contributed by atoms with Crippen molar-refractivity contribution < 1.29 is 22.1 Å². The van der Waals surface area contributed by atoms with Crippen molar-refractivity contribution in [2.75, 3.05) is 35.5 Å². The Labute approximate surface area is 165 Å². The van der Waals surface area contributed by atoms with E-state index in [4.69, 9.17) is 22.1 Å². The predicted molar refractivity (Wildman–Crippen MR) is 121 cm³/mol. The first-order chi connectivity index (χ1) is 9.80. The third-order valence-electron chi connectivity index (χ3n) is 2.58. The monoisotopic (exact) mass is 598 g/mol. The Kier molecular flexibility index (Phi) is 25.5. The summed E-state index contributed by atoms with van der Waals surface area (Å²) in [6, 6.07) is 0. The van der Waals surface area contributed by atoms with Crippen molar-refractivity contribution in [3.63, 3.8) is 0 Å². The Balaban J connectivity index is -0.000000105. The zero-order valence-electron chi connectivity index (χ0n) is 16.3. The van der Waals surface area contributed by atoms with E-state index >= 15 is 0 Å². The number of hydrogen-bond acceptors (Lipinski definition) is 5. The second kappa shape index (κ2) is 17.7. The van der Waals surface area contributed by atoms with Crippen LogP contribution in [0.4, 0.5) is 0 Å². The highest BCUT2D eigenvalue weighted by atomic mass is 128. The molecule has 0 rings (SSSR count). The quantitative estimate of drug-likeness (QED) is 0.322. The molecule has 0 atom stereocenters. The Bertz CT molecular complexity index is 199. The molecule has 10 heteroatoms. The molecule has 22 heavy (non-hydrogen) atoms. The number of rotatable bonds is 5. The second-order valence-corrected chi connectivity index (χ2v) is 17.8. The Morgan fingerprint density at radius 1 is 0.455 bits per heavy atom. The smallest absolute Gasteiger partial charge is 0.331 e. The predicted octanol–water partition coefficient (Wildman–Crippen LogP) is 5.20. The topological polar surface area (TPSA) is 46.2 Å². The summed E-state index contributed by atoms with van der Waals surface area (Å²) >= 11 is 4.24. The second-order valence-electron chi connectivity index (χ2n) is 5.93. The van der Waals surface area contributed by atoms with E-state index in [-0.39, 0.29) is 0 Å². The lowest BCUT2D eigenvalue weighted by atomic mass is 11.8. The fraction of sp³-hybridized carbons (Fsp3) is 1.00. The molecule has 0 saturated heterocycles. The number of hydrogen-bond donors (Lipinski definition) is 0. The molecule has 140 valence electrons. The van der Waals surface area contributed by atoms with Crippen LogP contribution in [0.1, 0.15) is 0 Å². The molecular weight excluding hydrogens is 562 g/mol. The maximum absolute atomic E-state index is 5.08. The summed E-state index contributed by atoms with van der Waals surface area (Å²) in [5.74, 6) is 0. The van der Waals surface area contributed by atoms with Crippen LogP contribution in [-0.2, 0) is 22.1 Å². The minimum Gasteiger partial charge on any atom is -0.421 e. The lowest BCUT2D eigenvalue weighted by Gasteiger charge is -2.15. The van der Waals surface area contributed by atoms with E-state index in [9.17, 15) is 0 Å². The molecule has 0 aliphatic heterocycles. The van der Waals surface area contributed by atoms with Gasteiger partial charge in [0.15, 0.2) is 8.32 Å². The van der Waals surface area contributed by atoms with Crippen LogP contribution in [0.5, 0.6) is 0 Å². The molecule has 0 aliphatic carbocycles. The summed E-state index contributed by atoms with van der Waals surface area (Å²) in [6.45, 7) is 14.5. The SMILES string of the molecule is CO[Si](C)(C)C.CO[Si](C)(C)OC.CO[Si](C)(C)OC.II. The molecule has 0 radical (unpaired) electrons. The van der Waals surface area contributed by atoms with Gasteiger partial charge in [-0.25, -0.2) is 0 Å². The van der Waals surface area contributed by atoms with E-state index in [0.717, 1.165) is 0 Å². The van der Waals surface area contributed by atoms with Crippen LogP contribution in [-0.4, -0.2) is 61.0 Å². The van der Waals surface area contributed by atoms with Crippen LogP contribution in [0, 0.1) is 0 Å². The first-order valence-corrected chi connectivity index (χ1v) is 22.0. The van der Waals surface area contributed by atoms with E-state index in [1.165, 1.54) is 0 Å². The molecule has 0 aromatic carbocycles. The van der Waals surface area contributed by atoms with Crippen LogP contribution >= 0.6 is 37.2 Å². The van der Waals surface area contributed by atoms with Crippen molar-refractivity contribution in [3.8, 4) is 0 Å². The lowest BCUT2D eigenvalue weighted by Crippen LogP contribution is -2.31. The van der Waals surface area contributed by atoms with Crippen molar-refractivity contribution in [1.82, 2.24) is 0 Å². The standard InChI is InChI=1S/2C4H12O2Si.C4H12OSi.I2/c2*1-5-7(3,4)6-2;1-5-6(2,3)4;1-2/h2*1-4H3;1-4H3;. The molecule has 0 heterocycles. The first-order valence-electron chi connectivity index (χ1n) is 6.70. The highest BCUT2D eigenvalue weighted by molar-refractivity contribution is 15.0.